The molecule has 0 aliphatic rings. The Morgan fingerprint density at radius 1 is 0.800 bits per heavy atom. The number of nitrogens with two attached hydrogens (primary N) is 1. The minimum Gasteiger partial charge on any atom is -0.366 e. The quantitative estimate of drug-likeness (QED) is 0.449. The van der Waals surface area contributed by atoms with E-state index in [0.717, 1.165) is 22.0 Å². The molecule has 0 aliphatic heterocycles. The zero-order chi connectivity index (χ0) is 20.7. The predicted octanol–water partition coefficient (Wildman–Crippen LogP) is 4.11. The average molecular weight is 392 g/mol. The van der Waals surface area contributed by atoms with Crippen molar-refractivity contribution in [1.29, 1.82) is 0 Å². The second kappa shape index (κ2) is 6.93. The SMILES string of the molecule is NC(=O)c1ccc2[nH]c(-c3ccc(C(=O)c4cnc5ccccc5c4)cc3)nc2c1. The van der Waals surface area contributed by atoms with Gasteiger partial charge in [-0.25, -0.2) is 4.98 Å². The van der Waals surface area contributed by atoms with Crippen molar-refractivity contribution in [2.24, 2.45) is 5.73 Å². The number of nitrogens with zero attached hydrogens (tertiary/aromatic N) is 2. The summed E-state index contributed by atoms with van der Waals surface area (Å²) in [5, 5.41) is 0.928. The third-order valence-corrected chi connectivity index (χ3v) is 5.04. The molecule has 2 aromatic heterocycles. The van der Waals surface area contributed by atoms with Crippen LogP contribution in [0.2, 0.25) is 0 Å². The molecule has 0 saturated carbocycles. The van der Waals surface area contributed by atoms with Gasteiger partial charge in [0, 0.05) is 33.8 Å². The predicted molar refractivity (Wildman–Crippen MR) is 115 cm³/mol. The molecule has 6 nitrogen and oxygen atoms in total. The summed E-state index contributed by atoms with van der Waals surface area (Å²) in [6, 6.07) is 21.9. The molecule has 30 heavy (non-hydrogen) atoms. The Hall–Kier alpha value is -4.32. The summed E-state index contributed by atoms with van der Waals surface area (Å²) in [6.45, 7) is 0. The van der Waals surface area contributed by atoms with Gasteiger partial charge in [0.1, 0.15) is 5.82 Å². The van der Waals surface area contributed by atoms with Gasteiger partial charge >= 0.3 is 0 Å². The van der Waals surface area contributed by atoms with Gasteiger partial charge in [-0.05, 0) is 30.3 Å². The minimum atomic E-state index is -0.493. The van der Waals surface area contributed by atoms with Crippen LogP contribution in [0.4, 0.5) is 0 Å². The molecule has 2 heterocycles. The lowest BCUT2D eigenvalue weighted by Crippen LogP contribution is -2.10. The molecule has 0 aliphatic carbocycles. The largest absolute Gasteiger partial charge is 0.366 e. The van der Waals surface area contributed by atoms with E-state index >= 15 is 0 Å². The first-order valence-corrected chi connectivity index (χ1v) is 9.38. The van der Waals surface area contributed by atoms with Crippen LogP contribution in [-0.4, -0.2) is 26.6 Å². The molecule has 1 amide bonds. The van der Waals surface area contributed by atoms with Gasteiger partial charge in [-0.1, -0.05) is 42.5 Å². The fourth-order valence-electron chi connectivity index (χ4n) is 3.44. The Bertz CT molecular complexity index is 1440. The first-order chi connectivity index (χ1) is 14.6. The Morgan fingerprint density at radius 2 is 1.57 bits per heavy atom. The van der Waals surface area contributed by atoms with Crippen LogP contribution in [0.15, 0.2) is 79.0 Å². The van der Waals surface area contributed by atoms with Crippen LogP contribution in [-0.2, 0) is 0 Å². The smallest absolute Gasteiger partial charge is 0.248 e. The molecular weight excluding hydrogens is 376 g/mol. The lowest BCUT2D eigenvalue weighted by Gasteiger charge is -2.04. The maximum atomic E-state index is 12.9. The number of aromatic amines is 1. The number of pyridine rings is 1. The summed E-state index contributed by atoms with van der Waals surface area (Å²) < 4.78 is 0. The van der Waals surface area contributed by atoms with Gasteiger partial charge in [0.2, 0.25) is 5.91 Å². The van der Waals surface area contributed by atoms with Gasteiger partial charge in [-0.15, -0.1) is 0 Å². The first-order valence-electron chi connectivity index (χ1n) is 9.38. The summed E-state index contributed by atoms with van der Waals surface area (Å²) in [6.07, 6.45) is 1.61. The highest BCUT2D eigenvalue weighted by atomic mass is 16.1. The number of benzene rings is 3. The highest BCUT2D eigenvalue weighted by molar-refractivity contribution is 6.10. The number of ketones is 1. The zero-order valence-electron chi connectivity index (χ0n) is 15.8. The molecular formula is C24H16N4O2. The highest BCUT2D eigenvalue weighted by Crippen LogP contribution is 2.23. The van der Waals surface area contributed by atoms with Crippen molar-refractivity contribution >= 4 is 33.6 Å². The summed E-state index contributed by atoms with van der Waals surface area (Å²) in [5.41, 5.74) is 10.0. The van der Waals surface area contributed by atoms with E-state index in [4.69, 9.17) is 5.73 Å². The van der Waals surface area contributed by atoms with Crippen LogP contribution >= 0.6 is 0 Å². The number of imidazole rings is 1. The van der Waals surface area contributed by atoms with Crippen LogP contribution in [0.3, 0.4) is 0 Å². The van der Waals surface area contributed by atoms with E-state index in [2.05, 4.69) is 15.0 Å². The van der Waals surface area contributed by atoms with Crippen molar-refractivity contribution in [3.8, 4) is 11.4 Å². The molecule has 0 fully saturated rings. The summed E-state index contributed by atoms with van der Waals surface area (Å²) >= 11 is 0. The zero-order valence-corrected chi connectivity index (χ0v) is 15.8. The summed E-state index contributed by atoms with van der Waals surface area (Å²) in [7, 11) is 0. The third-order valence-electron chi connectivity index (χ3n) is 5.04. The maximum absolute atomic E-state index is 12.9. The van der Waals surface area contributed by atoms with Crippen molar-refractivity contribution < 1.29 is 9.59 Å². The fraction of sp³-hybridized carbons (Fsp3) is 0. The molecule has 0 bridgehead atoms. The van der Waals surface area contributed by atoms with Gasteiger partial charge in [-0.2, -0.15) is 0 Å². The lowest BCUT2D eigenvalue weighted by atomic mass is 10.0. The standard InChI is InChI=1S/C24H16N4O2/c25-23(30)17-9-10-20-21(12-17)28-24(27-20)15-7-5-14(6-8-15)22(29)18-11-16-3-1-2-4-19(16)26-13-18/h1-13H,(H2,25,30)(H,27,28). The molecule has 5 aromatic rings. The van der Waals surface area contributed by atoms with Crippen LogP contribution in [0.1, 0.15) is 26.3 Å². The van der Waals surface area contributed by atoms with Gasteiger partial charge < -0.3 is 10.7 Å². The third kappa shape index (κ3) is 3.10. The van der Waals surface area contributed by atoms with Gasteiger partial charge in [-0.3, -0.25) is 14.6 Å². The highest BCUT2D eigenvalue weighted by Gasteiger charge is 2.12. The number of carbonyl (C=O) groups is 2. The normalized spacial score (nSPS) is 11.1. The molecule has 6 heteroatoms. The number of nitrogens with one attached hydrogen (secondary N) is 1. The number of aromatic nitrogens is 3. The minimum absolute atomic E-state index is 0.0875. The molecule has 0 radical (unpaired) electrons. The van der Waals surface area contributed by atoms with E-state index in [-0.39, 0.29) is 5.78 Å². The van der Waals surface area contributed by atoms with E-state index in [0.29, 0.717) is 28.0 Å². The van der Waals surface area contributed by atoms with Crippen molar-refractivity contribution in [2.45, 2.75) is 0 Å². The number of hydrogen-bond acceptors (Lipinski definition) is 4. The Balaban J connectivity index is 1.45. The van der Waals surface area contributed by atoms with Crippen LogP contribution in [0.5, 0.6) is 0 Å². The van der Waals surface area contributed by atoms with E-state index in [1.54, 1.807) is 36.5 Å². The number of para-hydroxylation sites is 1. The summed E-state index contributed by atoms with van der Waals surface area (Å²) in [4.78, 5) is 36.4. The van der Waals surface area contributed by atoms with Crippen LogP contribution in [0.25, 0.3) is 33.3 Å². The molecule has 0 atom stereocenters. The van der Waals surface area contributed by atoms with Crippen LogP contribution < -0.4 is 5.73 Å². The number of primary amides is 1. The van der Waals surface area contributed by atoms with Crippen molar-refractivity contribution in [2.75, 3.05) is 0 Å². The van der Waals surface area contributed by atoms with Gasteiger partial charge in [0.25, 0.3) is 0 Å². The van der Waals surface area contributed by atoms with Gasteiger partial charge in [0.15, 0.2) is 5.78 Å². The summed E-state index contributed by atoms with van der Waals surface area (Å²) in [5.74, 6) is 0.0704. The first kappa shape index (κ1) is 17.8. The molecule has 0 saturated heterocycles. The molecule has 0 spiro atoms. The Labute approximate surface area is 171 Å². The van der Waals surface area contributed by atoms with E-state index in [9.17, 15) is 9.59 Å². The Morgan fingerprint density at radius 3 is 2.37 bits per heavy atom. The second-order valence-electron chi connectivity index (χ2n) is 7.00. The molecule has 5 rings (SSSR count). The van der Waals surface area contributed by atoms with E-state index in [1.165, 1.54) is 0 Å². The number of rotatable bonds is 4. The molecule has 0 unspecified atom stereocenters. The second-order valence-corrected chi connectivity index (χ2v) is 7.00. The average Bonchev–Trinajstić information content (AvgIpc) is 3.22. The number of hydrogen-bond donors (Lipinski definition) is 2. The number of amides is 1. The number of H-pyrrole nitrogens is 1. The van der Waals surface area contributed by atoms with E-state index in [1.807, 2.05) is 42.5 Å². The molecule has 144 valence electrons. The van der Waals surface area contributed by atoms with Crippen molar-refractivity contribution in [3.63, 3.8) is 0 Å². The van der Waals surface area contributed by atoms with Crippen molar-refractivity contribution in [3.05, 3.63) is 95.7 Å². The number of carbonyl (C=O) groups excluding carboxylic acids is 2. The Kier molecular flexibility index (Phi) is 4.10. The van der Waals surface area contributed by atoms with Crippen molar-refractivity contribution in [1.82, 2.24) is 15.0 Å². The lowest BCUT2D eigenvalue weighted by molar-refractivity contribution is 0.0998. The molecule has 3 N–H and O–H groups in total. The number of fused-ring (bicyclic) bond motifs is 2. The monoisotopic (exact) mass is 392 g/mol. The topological polar surface area (TPSA) is 102 Å². The molecule has 3 aromatic carbocycles. The van der Waals surface area contributed by atoms with E-state index < -0.39 is 5.91 Å². The van der Waals surface area contributed by atoms with Gasteiger partial charge in [0.05, 0.1) is 16.6 Å². The maximum Gasteiger partial charge on any atom is 0.248 e. The fourth-order valence-corrected chi connectivity index (χ4v) is 3.44. The van der Waals surface area contributed by atoms with Crippen LogP contribution in [0, 0.1) is 0 Å².